The number of aliphatic hydroxyl groups is 1. The molecule has 3 rings (SSSR count). The van der Waals surface area contributed by atoms with E-state index >= 15 is 0 Å². The normalized spacial score (nSPS) is 12.1. The number of nitriles is 1. The maximum atomic E-state index is 11.1. The number of β-amino-alcohol motifs (C(OH)–C–C–N with tert-alkyl or cyclic N) is 1. The topological polar surface area (TPSA) is 103 Å². The number of ether oxygens (including phenoxy) is 1. The molecule has 1 atom stereocenters. The van der Waals surface area contributed by atoms with E-state index in [9.17, 15) is 15.2 Å². The summed E-state index contributed by atoms with van der Waals surface area (Å²) < 4.78 is 5.81. The summed E-state index contributed by atoms with van der Waals surface area (Å²) in [6.07, 6.45) is 2.29. The number of benzene rings is 3. The van der Waals surface area contributed by atoms with Crippen molar-refractivity contribution in [3.63, 3.8) is 0 Å². The summed E-state index contributed by atoms with van der Waals surface area (Å²) in [6, 6.07) is 24.2. The van der Waals surface area contributed by atoms with Gasteiger partial charge in [-0.15, -0.1) is 0 Å². The van der Waals surface area contributed by atoms with Gasteiger partial charge in [-0.05, 0) is 74.1 Å². The second-order valence-electron chi connectivity index (χ2n) is 9.27. The largest absolute Gasteiger partial charge is 0.489 e. The lowest BCUT2D eigenvalue weighted by molar-refractivity contribution is 0.0697. The average Bonchev–Trinajstić information content (AvgIpc) is 2.86. The quantitative estimate of drug-likeness (QED) is 0.341. The number of aryl methyl sites for hydroxylation is 1. The molecule has 0 radical (unpaired) electrons. The highest BCUT2D eigenvalue weighted by Gasteiger charge is 2.19. The van der Waals surface area contributed by atoms with Gasteiger partial charge < -0.3 is 20.3 Å². The molecule has 0 saturated carbocycles. The van der Waals surface area contributed by atoms with Crippen molar-refractivity contribution < 1.29 is 19.7 Å². The molecule has 0 saturated heterocycles. The van der Waals surface area contributed by atoms with Crippen LogP contribution >= 0.6 is 0 Å². The zero-order valence-electron chi connectivity index (χ0n) is 20.2. The van der Waals surface area contributed by atoms with Crippen LogP contribution in [0.25, 0.3) is 11.1 Å². The van der Waals surface area contributed by atoms with Crippen molar-refractivity contribution in [1.29, 1.82) is 5.26 Å². The summed E-state index contributed by atoms with van der Waals surface area (Å²) >= 11 is 0. The van der Waals surface area contributed by atoms with Gasteiger partial charge in [0.1, 0.15) is 24.5 Å². The van der Waals surface area contributed by atoms with Crippen LogP contribution in [0.5, 0.6) is 5.75 Å². The lowest BCUT2D eigenvalue weighted by Gasteiger charge is -2.28. The molecular formula is C29H32N2O4. The molecule has 182 valence electrons. The number of aromatic carboxylic acids is 1. The van der Waals surface area contributed by atoms with Crippen LogP contribution in [0.1, 0.15) is 48.2 Å². The van der Waals surface area contributed by atoms with Gasteiger partial charge in [0.05, 0.1) is 11.1 Å². The van der Waals surface area contributed by atoms with Crippen LogP contribution < -0.4 is 10.1 Å². The molecule has 0 aliphatic rings. The van der Waals surface area contributed by atoms with Crippen molar-refractivity contribution in [3.8, 4) is 22.9 Å². The number of hydrogen-bond acceptors (Lipinski definition) is 5. The molecule has 6 nitrogen and oxygen atoms in total. The van der Waals surface area contributed by atoms with Gasteiger partial charge >= 0.3 is 5.97 Å². The first-order chi connectivity index (χ1) is 16.8. The molecule has 3 aromatic rings. The molecule has 0 aliphatic heterocycles. The number of aliphatic hydroxyl groups excluding tert-OH is 1. The molecule has 0 heterocycles. The van der Waals surface area contributed by atoms with Crippen LogP contribution in [0, 0.1) is 11.3 Å². The molecule has 0 fully saturated rings. The Balaban J connectivity index is 1.52. The van der Waals surface area contributed by atoms with Gasteiger partial charge in [0, 0.05) is 12.1 Å². The summed E-state index contributed by atoms with van der Waals surface area (Å²) in [5.41, 5.74) is 3.38. The fourth-order valence-corrected chi connectivity index (χ4v) is 3.83. The first-order valence-corrected chi connectivity index (χ1v) is 11.7. The Morgan fingerprint density at radius 3 is 2.40 bits per heavy atom. The minimum absolute atomic E-state index is 0.0448. The van der Waals surface area contributed by atoms with Gasteiger partial charge in [-0.2, -0.15) is 5.26 Å². The van der Waals surface area contributed by atoms with Gasteiger partial charge in [-0.3, -0.25) is 0 Å². The van der Waals surface area contributed by atoms with Crippen LogP contribution in [-0.4, -0.2) is 41.0 Å². The van der Waals surface area contributed by atoms with Crippen molar-refractivity contribution in [1.82, 2.24) is 5.32 Å². The molecule has 35 heavy (non-hydrogen) atoms. The van der Waals surface area contributed by atoms with E-state index in [2.05, 4.69) is 49.5 Å². The van der Waals surface area contributed by atoms with Crippen LogP contribution in [0.3, 0.4) is 0 Å². The molecule has 6 heteroatoms. The third-order valence-corrected chi connectivity index (χ3v) is 5.92. The molecule has 0 aromatic heterocycles. The number of nitrogens with zero attached hydrogens (tertiary/aromatic N) is 1. The summed E-state index contributed by atoms with van der Waals surface area (Å²) in [7, 11) is 0. The van der Waals surface area contributed by atoms with Crippen LogP contribution in [-0.2, 0) is 6.42 Å². The predicted molar refractivity (Wildman–Crippen MR) is 137 cm³/mol. The lowest BCUT2D eigenvalue weighted by Crippen LogP contribution is -2.44. The maximum Gasteiger partial charge on any atom is 0.335 e. The van der Waals surface area contributed by atoms with Crippen molar-refractivity contribution >= 4 is 5.97 Å². The van der Waals surface area contributed by atoms with Crippen molar-refractivity contribution in [2.24, 2.45) is 0 Å². The van der Waals surface area contributed by atoms with Gasteiger partial charge in [-0.25, -0.2) is 4.79 Å². The van der Waals surface area contributed by atoms with Gasteiger partial charge in [0.2, 0.25) is 0 Å². The van der Waals surface area contributed by atoms with E-state index in [4.69, 9.17) is 9.84 Å². The Morgan fingerprint density at radius 1 is 1.06 bits per heavy atom. The molecule has 3 aromatic carbocycles. The van der Waals surface area contributed by atoms with Crippen molar-refractivity contribution in [2.45, 2.75) is 44.8 Å². The van der Waals surface area contributed by atoms with Crippen LogP contribution in [0.2, 0.25) is 0 Å². The summed E-state index contributed by atoms with van der Waals surface area (Å²) in [4.78, 5) is 11.1. The number of rotatable bonds is 12. The molecule has 0 bridgehead atoms. The van der Waals surface area contributed by atoms with E-state index in [0.717, 1.165) is 30.4 Å². The Labute approximate surface area is 206 Å². The smallest absolute Gasteiger partial charge is 0.335 e. The third-order valence-electron chi connectivity index (χ3n) is 5.92. The van der Waals surface area contributed by atoms with Crippen LogP contribution in [0.15, 0.2) is 72.8 Å². The van der Waals surface area contributed by atoms with Gasteiger partial charge in [0.15, 0.2) is 0 Å². The minimum atomic E-state index is -0.984. The number of hydrogen-bond donors (Lipinski definition) is 3. The standard InChI is InChI=1S/C29H32N2O4/c1-29(2,16-6-9-21-7-4-3-5-8-21)31-19-26(32)20-35-27-17-24(14-15-25(27)18-30)22-10-12-23(13-11-22)28(33)34/h3-5,7-8,10-15,17,26,31-32H,6,9,16,19-20H2,1-2H3,(H,33,34)/t26-/m1/s1. The fraction of sp³-hybridized carbons (Fsp3) is 0.310. The second-order valence-corrected chi connectivity index (χ2v) is 9.27. The Kier molecular flexibility index (Phi) is 9.02. The molecule has 3 N–H and O–H groups in total. The maximum absolute atomic E-state index is 11.1. The van der Waals surface area contributed by atoms with Crippen molar-refractivity contribution in [2.75, 3.05) is 13.2 Å². The molecular weight excluding hydrogens is 440 g/mol. The van der Waals surface area contributed by atoms with Crippen molar-refractivity contribution in [3.05, 3.63) is 89.5 Å². The zero-order chi connectivity index (χ0) is 25.3. The molecule has 0 spiro atoms. The zero-order valence-corrected chi connectivity index (χ0v) is 20.2. The highest BCUT2D eigenvalue weighted by molar-refractivity contribution is 5.88. The van der Waals surface area contributed by atoms with Gasteiger partial charge in [0.25, 0.3) is 0 Å². The first kappa shape index (κ1) is 26.0. The highest BCUT2D eigenvalue weighted by atomic mass is 16.5. The predicted octanol–water partition coefficient (Wildman–Crippen LogP) is 5.05. The third kappa shape index (κ3) is 7.96. The minimum Gasteiger partial charge on any atom is -0.489 e. The second kappa shape index (κ2) is 12.2. The average molecular weight is 473 g/mol. The number of carboxylic acids is 1. The van der Waals surface area contributed by atoms with E-state index in [1.807, 2.05) is 6.07 Å². The van der Waals surface area contributed by atoms with E-state index < -0.39 is 12.1 Å². The highest BCUT2D eigenvalue weighted by Crippen LogP contribution is 2.27. The van der Waals surface area contributed by atoms with Crippen LogP contribution in [0.4, 0.5) is 0 Å². The van der Waals surface area contributed by atoms with E-state index in [-0.39, 0.29) is 17.7 Å². The number of carbonyl (C=O) groups is 1. The molecule has 0 amide bonds. The lowest BCUT2D eigenvalue weighted by atomic mass is 9.95. The number of carboxylic acid groups (broad SMARTS) is 1. The Hall–Kier alpha value is -3.66. The monoisotopic (exact) mass is 472 g/mol. The van der Waals surface area contributed by atoms with E-state index in [1.54, 1.807) is 30.3 Å². The Morgan fingerprint density at radius 2 is 1.74 bits per heavy atom. The fourth-order valence-electron chi connectivity index (χ4n) is 3.83. The summed E-state index contributed by atoms with van der Waals surface area (Å²) in [5.74, 6) is -0.601. The first-order valence-electron chi connectivity index (χ1n) is 11.7. The SMILES string of the molecule is CC(C)(CCCc1ccccc1)NC[C@@H](O)COc1cc(-c2ccc(C(=O)O)cc2)ccc1C#N. The van der Waals surface area contributed by atoms with E-state index in [0.29, 0.717) is 17.9 Å². The Bertz CT molecular complexity index is 1150. The molecule has 0 unspecified atom stereocenters. The number of nitrogens with one attached hydrogen (secondary N) is 1. The molecule has 0 aliphatic carbocycles. The van der Waals surface area contributed by atoms with E-state index in [1.165, 1.54) is 17.7 Å². The summed E-state index contributed by atoms with van der Waals surface area (Å²) in [6.45, 7) is 4.66. The summed E-state index contributed by atoms with van der Waals surface area (Å²) in [5, 5.41) is 32.4. The van der Waals surface area contributed by atoms with Gasteiger partial charge in [-0.1, -0.05) is 48.5 Å².